The summed E-state index contributed by atoms with van der Waals surface area (Å²) in [4.78, 5) is 42.6. The predicted molar refractivity (Wildman–Crippen MR) is 166 cm³/mol. The summed E-state index contributed by atoms with van der Waals surface area (Å²) in [5.41, 5.74) is 2.04. The molecule has 1 aliphatic rings. The first kappa shape index (κ1) is 32.2. The van der Waals surface area contributed by atoms with Crippen LogP contribution in [0.3, 0.4) is 0 Å². The van der Waals surface area contributed by atoms with Gasteiger partial charge in [-0.25, -0.2) is 9.75 Å². The predicted octanol–water partition coefficient (Wildman–Crippen LogP) is 7.17. The Kier molecular flexibility index (Phi) is 10.3. The lowest BCUT2D eigenvalue weighted by molar-refractivity contribution is -0.165. The Morgan fingerprint density at radius 1 is 0.977 bits per heavy atom. The first-order valence-corrected chi connectivity index (χ1v) is 14.4. The molecule has 1 aromatic heterocycles. The van der Waals surface area contributed by atoms with Crippen LogP contribution in [0.1, 0.15) is 51.4 Å². The fourth-order valence-corrected chi connectivity index (χ4v) is 5.00. The van der Waals surface area contributed by atoms with Crippen LogP contribution in [0.25, 0.3) is 0 Å². The van der Waals surface area contributed by atoms with Crippen molar-refractivity contribution in [1.29, 1.82) is 0 Å². The highest BCUT2D eigenvalue weighted by atomic mass is 35.5. The van der Waals surface area contributed by atoms with Gasteiger partial charge in [0.05, 0.1) is 29.3 Å². The fourth-order valence-electron chi connectivity index (χ4n) is 4.31. The van der Waals surface area contributed by atoms with Crippen molar-refractivity contribution < 1.29 is 24.0 Å². The number of carbonyl (C=O) groups excluding carboxylic acids is 3. The number of carbonyl (C=O) groups is 3. The van der Waals surface area contributed by atoms with E-state index in [-0.39, 0.29) is 46.1 Å². The van der Waals surface area contributed by atoms with E-state index >= 15 is 0 Å². The molecule has 224 valence electrons. The lowest BCUT2D eigenvalue weighted by Crippen LogP contribution is -2.30. The van der Waals surface area contributed by atoms with Gasteiger partial charge >= 0.3 is 0 Å². The average Bonchev–Trinajstić information content (AvgIpc) is 3.41. The van der Waals surface area contributed by atoms with Gasteiger partial charge in [-0.05, 0) is 50.6 Å². The molecule has 0 bridgehead atoms. The summed E-state index contributed by atoms with van der Waals surface area (Å²) in [6.07, 6.45) is 0. The zero-order valence-electron chi connectivity index (χ0n) is 24.1. The smallest absolute Gasteiger partial charge is 0.254 e. The normalized spacial score (nSPS) is 13.8. The van der Waals surface area contributed by atoms with E-state index in [2.05, 4.69) is 5.10 Å². The lowest BCUT2D eigenvalue weighted by Gasteiger charge is -2.16. The van der Waals surface area contributed by atoms with Crippen LogP contribution < -0.4 is 4.74 Å². The maximum atomic E-state index is 13.0. The standard InChI is InChI=1S/C20H16Cl2N2O3.C12H14ClNO2/c1-12-18(19(26)15-9-8-14(21)10-16(15)22)20(24(2)23-12)27-11-17(25)13-6-4-3-5-7-13;1-12(2)8-16-14(11(12)15)7-9-5-3-4-6-10(9)13/h3-10H,11H2,1-2H3;3-6H,7-8H2,1-2H3. The minimum atomic E-state index is -0.429. The molecule has 0 saturated carbocycles. The van der Waals surface area contributed by atoms with Crippen molar-refractivity contribution >= 4 is 52.3 Å². The summed E-state index contributed by atoms with van der Waals surface area (Å²) >= 11 is 18.1. The Balaban J connectivity index is 0.000000225. The molecule has 4 aromatic rings. The molecule has 43 heavy (non-hydrogen) atoms. The number of rotatable bonds is 8. The van der Waals surface area contributed by atoms with Gasteiger partial charge < -0.3 is 4.74 Å². The number of nitrogens with zero attached hydrogens (tertiary/aromatic N) is 3. The van der Waals surface area contributed by atoms with E-state index < -0.39 is 5.41 Å². The highest BCUT2D eigenvalue weighted by Crippen LogP contribution is 2.30. The Bertz CT molecular complexity index is 1650. The van der Waals surface area contributed by atoms with Gasteiger partial charge in [0.1, 0.15) is 5.56 Å². The molecule has 8 nitrogen and oxygen atoms in total. The van der Waals surface area contributed by atoms with Gasteiger partial charge in [-0.2, -0.15) is 5.10 Å². The fraction of sp³-hybridized carbons (Fsp3) is 0.250. The number of hydrogen-bond donors (Lipinski definition) is 0. The van der Waals surface area contributed by atoms with Gasteiger partial charge in [0.25, 0.3) is 5.91 Å². The minimum absolute atomic E-state index is 0.00687. The molecule has 1 amide bonds. The molecule has 0 unspecified atom stereocenters. The third kappa shape index (κ3) is 7.64. The van der Waals surface area contributed by atoms with E-state index in [0.717, 1.165) is 5.56 Å². The summed E-state index contributed by atoms with van der Waals surface area (Å²) in [7, 11) is 1.65. The SMILES string of the molecule is CC1(C)CON(Cc2ccccc2Cl)C1=O.Cc1nn(C)c(OCC(=O)c2ccccc2)c1C(=O)c1ccc(Cl)cc1Cl. The maximum absolute atomic E-state index is 13.0. The average molecular weight is 643 g/mol. The summed E-state index contributed by atoms with van der Waals surface area (Å²) < 4.78 is 7.11. The summed E-state index contributed by atoms with van der Waals surface area (Å²) in [5.74, 6) is -0.318. The van der Waals surface area contributed by atoms with Gasteiger partial charge in [-0.1, -0.05) is 83.3 Å². The molecule has 0 spiro atoms. The first-order valence-electron chi connectivity index (χ1n) is 13.3. The van der Waals surface area contributed by atoms with Gasteiger partial charge in [-0.15, -0.1) is 0 Å². The van der Waals surface area contributed by atoms with Crippen molar-refractivity contribution in [2.24, 2.45) is 12.5 Å². The zero-order valence-corrected chi connectivity index (χ0v) is 26.3. The number of benzene rings is 3. The monoisotopic (exact) mass is 641 g/mol. The van der Waals surface area contributed by atoms with Crippen molar-refractivity contribution in [3.8, 4) is 5.88 Å². The van der Waals surface area contributed by atoms with Crippen molar-refractivity contribution in [2.75, 3.05) is 13.2 Å². The third-order valence-electron chi connectivity index (χ3n) is 6.67. The lowest BCUT2D eigenvalue weighted by atomic mass is 9.95. The van der Waals surface area contributed by atoms with Gasteiger partial charge in [0.2, 0.25) is 11.7 Å². The maximum Gasteiger partial charge on any atom is 0.254 e. The molecule has 2 heterocycles. The molecule has 5 rings (SSSR count). The molecule has 1 fully saturated rings. The van der Waals surface area contributed by atoms with Gasteiger partial charge in [0.15, 0.2) is 12.4 Å². The number of hydrogen-bond acceptors (Lipinski definition) is 6. The van der Waals surface area contributed by atoms with Crippen LogP contribution in [0.4, 0.5) is 0 Å². The molecule has 0 aliphatic carbocycles. The molecule has 0 radical (unpaired) electrons. The van der Waals surface area contributed by atoms with Crippen molar-refractivity contribution in [2.45, 2.75) is 27.3 Å². The Labute approximate surface area is 265 Å². The van der Waals surface area contributed by atoms with Crippen LogP contribution >= 0.6 is 34.8 Å². The number of aryl methyl sites for hydroxylation is 2. The van der Waals surface area contributed by atoms with Crippen LogP contribution in [-0.4, -0.2) is 45.5 Å². The largest absolute Gasteiger partial charge is 0.469 e. The van der Waals surface area contributed by atoms with Crippen LogP contribution in [0.2, 0.25) is 15.1 Å². The molecular weight excluding hydrogens is 613 g/mol. The number of halogens is 3. The van der Waals surface area contributed by atoms with Crippen molar-refractivity contribution in [3.05, 3.63) is 116 Å². The molecule has 3 aromatic carbocycles. The molecule has 11 heteroatoms. The summed E-state index contributed by atoms with van der Waals surface area (Å²) in [6, 6.07) is 20.9. The highest BCUT2D eigenvalue weighted by Gasteiger charge is 2.40. The molecule has 0 atom stereocenters. The number of ketones is 2. The highest BCUT2D eigenvalue weighted by molar-refractivity contribution is 6.37. The minimum Gasteiger partial charge on any atom is -0.469 e. The Morgan fingerprint density at radius 2 is 1.65 bits per heavy atom. The van der Waals surface area contributed by atoms with Gasteiger partial charge in [0, 0.05) is 28.2 Å². The number of amides is 1. The second-order valence-electron chi connectivity index (χ2n) is 10.5. The van der Waals surface area contributed by atoms with E-state index in [1.807, 2.05) is 44.2 Å². The van der Waals surface area contributed by atoms with Crippen LogP contribution in [0.15, 0.2) is 72.8 Å². The molecule has 1 aliphatic heterocycles. The number of ether oxygens (including phenoxy) is 1. The summed E-state index contributed by atoms with van der Waals surface area (Å²) in [6.45, 7) is 6.07. The van der Waals surface area contributed by atoms with Gasteiger partial charge in [-0.3, -0.25) is 19.2 Å². The zero-order chi connectivity index (χ0) is 31.3. The quantitative estimate of drug-likeness (QED) is 0.189. The van der Waals surface area contributed by atoms with Crippen LogP contribution in [-0.2, 0) is 23.2 Å². The summed E-state index contributed by atoms with van der Waals surface area (Å²) in [5, 5.41) is 6.96. The molecule has 1 saturated heterocycles. The van der Waals surface area contributed by atoms with E-state index in [0.29, 0.717) is 34.5 Å². The van der Waals surface area contributed by atoms with Crippen molar-refractivity contribution in [1.82, 2.24) is 14.8 Å². The molecule has 0 N–H and O–H groups in total. The Hall–Kier alpha value is -3.69. The van der Waals surface area contributed by atoms with Crippen LogP contribution in [0, 0.1) is 12.3 Å². The van der Waals surface area contributed by atoms with E-state index in [1.165, 1.54) is 15.8 Å². The number of Topliss-reactive ketones (excluding diaryl/α,β-unsaturated/α-hetero) is 1. The van der Waals surface area contributed by atoms with E-state index in [4.69, 9.17) is 44.4 Å². The Morgan fingerprint density at radius 3 is 2.28 bits per heavy atom. The first-order chi connectivity index (χ1) is 20.4. The third-order valence-corrected chi connectivity index (χ3v) is 7.58. The van der Waals surface area contributed by atoms with E-state index in [9.17, 15) is 14.4 Å². The molecular formula is C32H30Cl3N3O5. The second-order valence-corrected chi connectivity index (χ2v) is 11.8. The topological polar surface area (TPSA) is 90.7 Å². The van der Waals surface area contributed by atoms with Crippen molar-refractivity contribution in [3.63, 3.8) is 0 Å². The van der Waals surface area contributed by atoms with E-state index in [1.54, 1.807) is 50.4 Å². The number of aromatic nitrogens is 2. The van der Waals surface area contributed by atoms with Crippen LogP contribution in [0.5, 0.6) is 5.88 Å². The second kappa shape index (κ2) is 13.7. The number of hydroxylamine groups is 2.